The average molecular weight is 346 g/mol. The van der Waals surface area contributed by atoms with E-state index in [0.29, 0.717) is 16.7 Å². The maximum absolute atomic E-state index is 12.8. The Bertz CT molecular complexity index is 910. The number of ketones is 1. The van der Waals surface area contributed by atoms with Crippen molar-refractivity contribution in [2.75, 3.05) is 0 Å². The molecule has 0 bridgehead atoms. The van der Waals surface area contributed by atoms with Gasteiger partial charge in [0.1, 0.15) is 0 Å². The fourth-order valence-corrected chi connectivity index (χ4v) is 3.26. The van der Waals surface area contributed by atoms with Crippen molar-refractivity contribution in [1.82, 2.24) is 0 Å². The molecule has 2 nitrogen and oxygen atoms in total. The Morgan fingerprint density at radius 3 is 1.80 bits per heavy atom. The van der Waals surface area contributed by atoms with Crippen LogP contribution in [-0.4, -0.2) is 10.9 Å². The van der Waals surface area contributed by atoms with E-state index in [1.54, 1.807) is 36.4 Å². The smallest absolute Gasteiger partial charge is 0.224 e. The lowest BCUT2D eigenvalue weighted by Crippen LogP contribution is -2.08. The molecule has 0 spiro atoms. The van der Waals surface area contributed by atoms with Crippen LogP contribution >= 0.6 is 11.8 Å². The molecule has 0 aliphatic heterocycles. The monoisotopic (exact) mass is 346 g/mol. The van der Waals surface area contributed by atoms with Gasteiger partial charge < -0.3 is 0 Å². The Morgan fingerprint density at radius 1 is 0.680 bits per heavy atom. The zero-order valence-corrected chi connectivity index (χ0v) is 15.0. The lowest BCUT2D eigenvalue weighted by Gasteiger charge is -2.08. The van der Waals surface area contributed by atoms with Crippen LogP contribution in [0.2, 0.25) is 0 Å². The lowest BCUT2D eigenvalue weighted by atomic mass is 9.98. The highest BCUT2D eigenvalue weighted by atomic mass is 32.2. The summed E-state index contributed by atoms with van der Waals surface area (Å²) in [6, 6.07) is 22.2. The summed E-state index contributed by atoms with van der Waals surface area (Å²) in [7, 11) is 0. The summed E-state index contributed by atoms with van der Waals surface area (Å²) >= 11 is 1.14. The molecule has 0 radical (unpaired) electrons. The molecule has 0 saturated heterocycles. The molecule has 3 heteroatoms. The van der Waals surface area contributed by atoms with E-state index in [1.807, 2.05) is 50.2 Å². The van der Waals surface area contributed by atoms with Gasteiger partial charge in [0.15, 0.2) is 5.78 Å². The van der Waals surface area contributed by atoms with Gasteiger partial charge >= 0.3 is 0 Å². The summed E-state index contributed by atoms with van der Waals surface area (Å²) in [5, 5.41) is -0.125. The maximum Gasteiger partial charge on any atom is 0.224 e. The third-order valence-electron chi connectivity index (χ3n) is 3.94. The van der Waals surface area contributed by atoms with Crippen LogP contribution in [0.5, 0.6) is 0 Å². The maximum atomic E-state index is 12.8. The van der Waals surface area contributed by atoms with Gasteiger partial charge in [-0.25, -0.2) is 0 Å². The molecule has 25 heavy (non-hydrogen) atoms. The highest BCUT2D eigenvalue weighted by Gasteiger charge is 2.18. The van der Waals surface area contributed by atoms with E-state index in [-0.39, 0.29) is 10.9 Å². The Labute approximate surface area is 151 Å². The van der Waals surface area contributed by atoms with Crippen LogP contribution in [-0.2, 0) is 0 Å². The summed E-state index contributed by atoms with van der Waals surface area (Å²) in [5.74, 6) is -0.131. The number of thioether (sulfide) groups is 1. The summed E-state index contributed by atoms with van der Waals surface area (Å²) in [4.78, 5) is 26.4. The highest BCUT2D eigenvalue weighted by molar-refractivity contribution is 8.14. The quantitative estimate of drug-likeness (QED) is 0.464. The average Bonchev–Trinajstić information content (AvgIpc) is 2.63. The Kier molecular flexibility index (Phi) is 5.15. The van der Waals surface area contributed by atoms with E-state index in [4.69, 9.17) is 0 Å². The van der Waals surface area contributed by atoms with Gasteiger partial charge in [0, 0.05) is 21.6 Å². The van der Waals surface area contributed by atoms with E-state index >= 15 is 0 Å². The van der Waals surface area contributed by atoms with Crippen LogP contribution in [0.1, 0.15) is 37.4 Å². The molecule has 0 atom stereocenters. The third-order valence-corrected chi connectivity index (χ3v) is 4.85. The predicted octanol–water partition coefficient (Wildman–Crippen LogP) is 5.47. The number of hydrogen-bond acceptors (Lipinski definition) is 3. The molecule has 0 N–H and O–H groups in total. The minimum atomic E-state index is -0.131. The van der Waals surface area contributed by atoms with Crippen molar-refractivity contribution in [3.05, 3.63) is 101 Å². The normalized spacial score (nSPS) is 10.5. The van der Waals surface area contributed by atoms with Crippen molar-refractivity contribution in [2.24, 2.45) is 0 Å². The zero-order chi connectivity index (χ0) is 17.8. The summed E-state index contributed by atoms with van der Waals surface area (Å²) in [6.45, 7) is 3.98. The first-order chi connectivity index (χ1) is 12.0. The molecule has 0 unspecified atom stereocenters. The van der Waals surface area contributed by atoms with E-state index < -0.39 is 0 Å². The number of carbonyl (C=O) groups excluding carboxylic acids is 2. The van der Waals surface area contributed by atoms with Crippen LogP contribution in [0, 0.1) is 13.8 Å². The third kappa shape index (κ3) is 4.06. The Hall–Kier alpha value is -2.65. The number of aryl methyl sites for hydroxylation is 2. The Balaban J connectivity index is 1.89. The number of hydrogen-bond donors (Lipinski definition) is 0. The molecule has 3 aromatic rings. The van der Waals surface area contributed by atoms with E-state index in [9.17, 15) is 9.59 Å². The molecule has 0 aliphatic rings. The van der Waals surface area contributed by atoms with Crippen LogP contribution < -0.4 is 0 Å². The SMILES string of the molecule is Cc1ccc(SC(=O)c2ccccc2C(=O)c2ccc(C)cc2)cc1. The van der Waals surface area contributed by atoms with Gasteiger partial charge in [0.05, 0.1) is 0 Å². The van der Waals surface area contributed by atoms with Crippen molar-refractivity contribution < 1.29 is 9.59 Å². The van der Waals surface area contributed by atoms with Gasteiger partial charge in [0.2, 0.25) is 5.12 Å². The summed E-state index contributed by atoms with van der Waals surface area (Å²) in [5.41, 5.74) is 3.71. The van der Waals surface area contributed by atoms with Crippen molar-refractivity contribution >= 4 is 22.7 Å². The topological polar surface area (TPSA) is 34.1 Å². The van der Waals surface area contributed by atoms with Gasteiger partial charge in [-0.1, -0.05) is 65.7 Å². The minimum absolute atomic E-state index is 0.125. The highest BCUT2D eigenvalue weighted by Crippen LogP contribution is 2.26. The second-order valence-corrected chi connectivity index (χ2v) is 6.99. The summed E-state index contributed by atoms with van der Waals surface area (Å²) in [6.07, 6.45) is 0. The van der Waals surface area contributed by atoms with Gasteiger partial charge in [-0.3, -0.25) is 9.59 Å². The van der Waals surface area contributed by atoms with Crippen molar-refractivity contribution in [2.45, 2.75) is 18.7 Å². The van der Waals surface area contributed by atoms with Crippen molar-refractivity contribution in [3.63, 3.8) is 0 Å². The molecule has 3 rings (SSSR count). The molecule has 0 aromatic heterocycles. The summed E-state index contributed by atoms with van der Waals surface area (Å²) < 4.78 is 0. The van der Waals surface area contributed by atoms with Crippen molar-refractivity contribution in [3.8, 4) is 0 Å². The molecule has 0 heterocycles. The van der Waals surface area contributed by atoms with Gasteiger partial charge in [-0.05, 0) is 43.8 Å². The molecule has 3 aromatic carbocycles. The van der Waals surface area contributed by atoms with Crippen LogP contribution in [0.3, 0.4) is 0 Å². The first kappa shape index (κ1) is 17.2. The van der Waals surface area contributed by atoms with Crippen LogP contribution in [0.25, 0.3) is 0 Å². The molecule has 124 valence electrons. The molecule has 0 saturated carbocycles. The van der Waals surface area contributed by atoms with Gasteiger partial charge in [-0.15, -0.1) is 0 Å². The Morgan fingerprint density at radius 2 is 1.20 bits per heavy atom. The fourth-order valence-electron chi connectivity index (χ4n) is 2.49. The lowest BCUT2D eigenvalue weighted by molar-refractivity contribution is 0.102. The minimum Gasteiger partial charge on any atom is -0.289 e. The number of carbonyl (C=O) groups is 2. The van der Waals surface area contributed by atoms with Gasteiger partial charge in [-0.2, -0.15) is 0 Å². The van der Waals surface area contributed by atoms with Gasteiger partial charge in [0.25, 0.3) is 0 Å². The van der Waals surface area contributed by atoms with E-state index in [0.717, 1.165) is 27.8 Å². The van der Waals surface area contributed by atoms with E-state index in [1.165, 1.54) is 0 Å². The van der Waals surface area contributed by atoms with Crippen molar-refractivity contribution in [1.29, 1.82) is 0 Å². The molecule has 0 aliphatic carbocycles. The fraction of sp³-hybridized carbons (Fsp3) is 0.0909. The molecule has 0 amide bonds. The number of benzene rings is 3. The van der Waals surface area contributed by atoms with E-state index in [2.05, 4.69) is 0 Å². The first-order valence-corrected chi connectivity index (χ1v) is 8.85. The second-order valence-electron chi connectivity index (χ2n) is 5.94. The van der Waals surface area contributed by atoms with Crippen LogP contribution in [0.15, 0.2) is 77.7 Å². The first-order valence-electron chi connectivity index (χ1n) is 8.04. The molecular formula is C22H18O2S. The predicted molar refractivity (Wildman–Crippen MR) is 102 cm³/mol. The molecular weight excluding hydrogens is 328 g/mol. The molecule has 0 fully saturated rings. The van der Waals surface area contributed by atoms with Crippen LogP contribution in [0.4, 0.5) is 0 Å². The largest absolute Gasteiger partial charge is 0.289 e. The zero-order valence-electron chi connectivity index (χ0n) is 14.2. The second kappa shape index (κ2) is 7.49. The number of rotatable bonds is 4. The standard InChI is InChI=1S/C22H18O2S/c1-15-7-11-17(12-8-15)21(23)19-5-3-4-6-20(19)22(24)25-18-13-9-16(2)10-14-18/h3-14H,1-2H3.